The number of hydrogen-bond donors (Lipinski definition) is 2. The highest BCUT2D eigenvalue weighted by Gasteiger charge is 2.13. The Bertz CT molecular complexity index is 419. The molecule has 1 aromatic carbocycles. The van der Waals surface area contributed by atoms with Gasteiger partial charge < -0.3 is 19.9 Å². The summed E-state index contributed by atoms with van der Waals surface area (Å²) in [6.45, 7) is 1.89. The minimum Gasteiger partial charge on any atom is -0.490 e. The van der Waals surface area contributed by atoms with Gasteiger partial charge in [0.2, 0.25) is 0 Å². The van der Waals surface area contributed by atoms with Gasteiger partial charge in [0.05, 0.1) is 26.4 Å². The van der Waals surface area contributed by atoms with E-state index in [1.807, 2.05) is 0 Å². The van der Waals surface area contributed by atoms with Gasteiger partial charge in [0.25, 0.3) is 0 Å². The number of aliphatic hydroxyl groups is 1. The molecule has 1 aliphatic rings. The maximum absolute atomic E-state index is 11.9. The maximum Gasteiger partial charge on any atom is 0.176 e. The largest absolute Gasteiger partial charge is 0.490 e. The second-order valence-electron chi connectivity index (χ2n) is 4.04. The molecule has 1 heterocycles. The number of fused-ring (bicyclic) bond motifs is 1. The van der Waals surface area contributed by atoms with Crippen LogP contribution in [0.2, 0.25) is 0 Å². The van der Waals surface area contributed by atoms with Crippen molar-refractivity contribution >= 4 is 5.78 Å². The average Bonchev–Trinajstić information content (AvgIpc) is 2.63. The van der Waals surface area contributed by atoms with Crippen LogP contribution >= 0.6 is 0 Å². The van der Waals surface area contributed by atoms with Crippen molar-refractivity contribution in [1.29, 1.82) is 0 Å². The van der Waals surface area contributed by atoms with E-state index < -0.39 is 0 Å². The van der Waals surface area contributed by atoms with Gasteiger partial charge in [-0.15, -0.1) is 0 Å². The molecule has 0 radical (unpaired) electrons. The lowest BCUT2D eigenvalue weighted by Crippen LogP contribution is -2.25. The molecule has 2 N–H and O–H groups in total. The zero-order chi connectivity index (χ0) is 12.8. The Balaban J connectivity index is 2.05. The molecular weight excluding hydrogens is 234 g/mol. The van der Waals surface area contributed by atoms with E-state index in [1.54, 1.807) is 18.2 Å². The molecule has 0 saturated carbocycles. The molecule has 5 heteroatoms. The lowest BCUT2D eigenvalue weighted by molar-refractivity contribution is 0.0989. The smallest absolute Gasteiger partial charge is 0.176 e. The number of ether oxygens (including phenoxy) is 2. The van der Waals surface area contributed by atoms with Gasteiger partial charge in [0, 0.05) is 18.5 Å². The molecule has 0 aliphatic carbocycles. The quantitative estimate of drug-likeness (QED) is 0.593. The normalized spacial score (nSPS) is 14.1. The van der Waals surface area contributed by atoms with Gasteiger partial charge in [-0.1, -0.05) is 0 Å². The van der Waals surface area contributed by atoms with Crippen LogP contribution in [0.4, 0.5) is 0 Å². The van der Waals surface area contributed by atoms with Crippen LogP contribution in [0.3, 0.4) is 0 Å². The lowest BCUT2D eigenvalue weighted by Gasteiger charge is -2.09. The zero-order valence-electron chi connectivity index (χ0n) is 10.1. The second kappa shape index (κ2) is 6.37. The first-order valence-electron chi connectivity index (χ1n) is 6.05. The summed E-state index contributed by atoms with van der Waals surface area (Å²) in [5.74, 6) is 1.28. The van der Waals surface area contributed by atoms with E-state index in [2.05, 4.69) is 5.32 Å². The Morgan fingerprint density at radius 1 is 1.28 bits per heavy atom. The number of nitrogens with one attached hydrogen (secondary N) is 1. The molecule has 0 fully saturated rings. The van der Waals surface area contributed by atoms with Crippen LogP contribution in [0, 0.1) is 0 Å². The van der Waals surface area contributed by atoms with E-state index in [4.69, 9.17) is 14.6 Å². The molecule has 0 bridgehead atoms. The van der Waals surface area contributed by atoms with Gasteiger partial charge in [0.15, 0.2) is 17.3 Å². The molecule has 5 nitrogen and oxygen atoms in total. The van der Waals surface area contributed by atoms with Gasteiger partial charge >= 0.3 is 0 Å². The third-order valence-electron chi connectivity index (χ3n) is 2.64. The first-order chi connectivity index (χ1) is 8.81. The van der Waals surface area contributed by atoms with Crippen LogP contribution < -0.4 is 14.8 Å². The van der Waals surface area contributed by atoms with Crippen LogP contribution in [-0.4, -0.2) is 43.8 Å². The molecule has 0 amide bonds. The van der Waals surface area contributed by atoms with Crippen molar-refractivity contribution < 1.29 is 19.4 Å². The van der Waals surface area contributed by atoms with Crippen LogP contribution in [0.1, 0.15) is 16.8 Å². The van der Waals surface area contributed by atoms with Crippen molar-refractivity contribution in [2.45, 2.75) is 6.42 Å². The van der Waals surface area contributed by atoms with Crippen molar-refractivity contribution in [2.75, 3.05) is 32.9 Å². The predicted octanol–water partition coefficient (Wildman–Crippen LogP) is 0.612. The van der Waals surface area contributed by atoms with E-state index in [-0.39, 0.29) is 18.9 Å². The summed E-state index contributed by atoms with van der Waals surface area (Å²) >= 11 is 0. The van der Waals surface area contributed by atoms with Crippen molar-refractivity contribution in [3.8, 4) is 11.5 Å². The summed E-state index contributed by atoms with van der Waals surface area (Å²) in [5, 5.41) is 11.5. The van der Waals surface area contributed by atoms with Gasteiger partial charge in [-0.2, -0.15) is 0 Å². The number of carbonyl (C=O) groups excluding carboxylic acids is 1. The van der Waals surface area contributed by atoms with E-state index in [1.165, 1.54) is 0 Å². The summed E-state index contributed by atoms with van der Waals surface area (Å²) in [4.78, 5) is 11.9. The third kappa shape index (κ3) is 3.21. The van der Waals surface area contributed by atoms with Crippen molar-refractivity contribution in [3.05, 3.63) is 23.8 Å². The molecule has 0 spiro atoms. The van der Waals surface area contributed by atoms with Crippen LogP contribution in [-0.2, 0) is 0 Å². The second-order valence-corrected chi connectivity index (χ2v) is 4.04. The van der Waals surface area contributed by atoms with Crippen molar-refractivity contribution in [2.24, 2.45) is 0 Å². The maximum atomic E-state index is 11.9. The fourth-order valence-corrected chi connectivity index (χ4v) is 1.72. The third-order valence-corrected chi connectivity index (χ3v) is 2.64. The minimum atomic E-state index is -0.0286. The predicted molar refractivity (Wildman–Crippen MR) is 66.3 cm³/mol. The summed E-state index contributed by atoms with van der Waals surface area (Å²) in [5.41, 5.74) is 0.588. The average molecular weight is 251 g/mol. The fourth-order valence-electron chi connectivity index (χ4n) is 1.72. The number of aliphatic hydroxyl groups excluding tert-OH is 1. The van der Waals surface area contributed by atoms with E-state index in [0.717, 1.165) is 6.42 Å². The Morgan fingerprint density at radius 2 is 2.06 bits per heavy atom. The first-order valence-corrected chi connectivity index (χ1v) is 6.05. The van der Waals surface area contributed by atoms with E-state index in [9.17, 15) is 4.79 Å². The Labute approximate surface area is 106 Å². The minimum absolute atomic E-state index is 0.0222. The number of rotatable bonds is 5. The van der Waals surface area contributed by atoms with Crippen LogP contribution in [0.15, 0.2) is 18.2 Å². The highest BCUT2D eigenvalue weighted by Crippen LogP contribution is 2.30. The lowest BCUT2D eigenvalue weighted by atomic mass is 10.1. The zero-order valence-corrected chi connectivity index (χ0v) is 10.1. The number of ketones is 1. The summed E-state index contributed by atoms with van der Waals surface area (Å²) in [7, 11) is 0. The van der Waals surface area contributed by atoms with Crippen molar-refractivity contribution in [3.63, 3.8) is 0 Å². The summed E-state index contributed by atoms with van der Waals surface area (Å²) < 4.78 is 11.0. The van der Waals surface area contributed by atoms with Gasteiger partial charge in [0.1, 0.15) is 0 Å². The Hall–Kier alpha value is -1.59. The van der Waals surface area contributed by atoms with Gasteiger partial charge in [-0.05, 0) is 18.2 Å². The number of hydrogen-bond acceptors (Lipinski definition) is 5. The van der Waals surface area contributed by atoms with E-state index >= 15 is 0 Å². The van der Waals surface area contributed by atoms with E-state index in [0.29, 0.717) is 36.8 Å². The standard InChI is InChI=1S/C13H17NO4/c15-5-4-14-9-11(16)10-2-3-12-13(8-10)18-7-1-6-17-12/h2-3,8,14-15H,1,4-7,9H2. The monoisotopic (exact) mass is 251 g/mol. The summed E-state index contributed by atoms with van der Waals surface area (Å²) in [6, 6.07) is 5.21. The molecular formula is C13H17NO4. The highest BCUT2D eigenvalue weighted by molar-refractivity contribution is 5.98. The molecule has 98 valence electrons. The fraction of sp³-hybridized carbons (Fsp3) is 0.462. The molecule has 0 saturated heterocycles. The highest BCUT2D eigenvalue weighted by atomic mass is 16.5. The molecule has 0 atom stereocenters. The van der Waals surface area contributed by atoms with Crippen LogP contribution in [0.5, 0.6) is 11.5 Å². The summed E-state index contributed by atoms with van der Waals surface area (Å²) in [6.07, 6.45) is 0.843. The number of carbonyl (C=O) groups is 1. The van der Waals surface area contributed by atoms with Crippen molar-refractivity contribution in [1.82, 2.24) is 5.32 Å². The Kier molecular flexibility index (Phi) is 4.55. The number of benzene rings is 1. The molecule has 1 aromatic rings. The Morgan fingerprint density at radius 3 is 2.83 bits per heavy atom. The van der Waals surface area contributed by atoms with Gasteiger partial charge in [-0.3, -0.25) is 4.79 Å². The SMILES string of the molecule is O=C(CNCCO)c1ccc2c(c1)OCCCO2. The van der Waals surface area contributed by atoms with Gasteiger partial charge in [-0.25, -0.2) is 0 Å². The molecule has 0 unspecified atom stereocenters. The topological polar surface area (TPSA) is 67.8 Å². The molecule has 1 aliphatic heterocycles. The molecule has 18 heavy (non-hydrogen) atoms. The first kappa shape index (κ1) is 12.9. The van der Waals surface area contributed by atoms with Crippen LogP contribution in [0.25, 0.3) is 0 Å². The number of Topliss-reactive ketones (excluding diaryl/α,β-unsaturated/α-hetero) is 1. The molecule has 0 aromatic heterocycles. The molecule has 2 rings (SSSR count).